The quantitative estimate of drug-likeness (QED) is 0.762. The molecule has 2 aliphatic heterocycles. The molecule has 2 saturated heterocycles. The van der Waals surface area contributed by atoms with Crippen LogP contribution in [0.4, 0.5) is 0 Å². The van der Waals surface area contributed by atoms with Crippen molar-refractivity contribution >= 4 is 17.8 Å². The lowest BCUT2D eigenvalue weighted by Crippen LogP contribution is -2.57. The maximum absolute atomic E-state index is 13.3. The second kappa shape index (κ2) is 7.65. The van der Waals surface area contributed by atoms with Gasteiger partial charge in [-0.05, 0) is 11.1 Å². The summed E-state index contributed by atoms with van der Waals surface area (Å²) in [4.78, 5) is 42.9. The largest absolute Gasteiger partial charge is 0.448 e. The van der Waals surface area contributed by atoms with Gasteiger partial charge in [-0.3, -0.25) is 14.4 Å². The molecule has 150 valence electrons. The maximum Gasteiger partial charge on any atom is 0.376 e. The molecule has 0 radical (unpaired) electrons. The van der Waals surface area contributed by atoms with E-state index in [-0.39, 0.29) is 19.4 Å². The molecule has 0 saturated carbocycles. The maximum atomic E-state index is 13.3. The van der Waals surface area contributed by atoms with Gasteiger partial charge < -0.3 is 15.2 Å². The zero-order valence-electron chi connectivity index (χ0n) is 15.5. The van der Waals surface area contributed by atoms with E-state index < -0.39 is 35.7 Å². The van der Waals surface area contributed by atoms with Crippen molar-refractivity contribution in [2.45, 2.75) is 30.7 Å². The number of amides is 1. The van der Waals surface area contributed by atoms with Crippen molar-refractivity contribution < 1.29 is 28.7 Å². The summed E-state index contributed by atoms with van der Waals surface area (Å²) in [5.41, 5.74) is 5.19. The van der Waals surface area contributed by atoms with E-state index in [0.717, 1.165) is 16.2 Å². The molecule has 8 heteroatoms. The number of hydrogen-bond donors (Lipinski definition) is 1. The Morgan fingerprint density at radius 3 is 2.10 bits per heavy atom. The number of carbonyl (C=O) groups is 3. The van der Waals surface area contributed by atoms with E-state index in [1.807, 2.05) is 60.7 Å². The highest BCUT2D eigenvalue weighted by Gasteiger charge is 2.59. The SMILES string of the molecule is N[C@H]1CON(C2(C(=O)OC(c3ccccc3)c3ccccc3)CCC(=O)O2)C1=O. The Hall–Kier alpha value is -3.23. The molecule has 1 unspecified atom stereocenters. The van der Waals surface area contributed by atoms with Crippen LogP contribution in [0, 0.1) is 0 Å². The topological polar surface area (TPSA) is 108 Å². The number of esters is 2. The Bertz CT molecular complexity index is 880. The molecule has 0 spiro atoms. The average molecular weight is 396 g/mol. The highest BCUT2D eigenvalue weighted by Crippen LogP contribution is 2.37. The number of cyclic esters (lactones) is 1. The summed E-state index contributed by atoms with van der Waals surface area (Å²) in [5, 5.41) is 0.762. The lowest BCUT2D eigenvalue weighted by molar-refractivity contribution is -0.260. The fourth-order valence-corrected chi connectivity index (χ4v) is 3.44. The fourth-order valence-electron chi connectivity index (χ4n) is 3.44. The van der Waals surface area contributed by atoms with E-state index in [4.69, 9.17) is 20.0 Å². The average Bonchev–Trinajstić information content (AvgIpc) is 3.30. The molecular weight excluding hydrogens is 376 g/mol. The van der Waals surface area contributed by atoms with Crippen LogP contribution in [-0.4, -0.2) is 41.3 Å². The predicted octanol–water partition coefficient (Wildman–Crippen LogP) is 1.45. The standard InChI is InChI=1S/C21H20N2O6/c22-16-13-27-23(19(16)25)21(12-11-17(24)29-21)20(26)28-18(14-7-3-1-4-8-14)15-9-5-2-6-10-15/h1-10,16,18H,11-13,22H2/t16-,21?/m0/s1. The molecule has 2 heterocycles. The van der Waals surface area contributed by atoms with E-state index in [2.05, 4.69) is 0 Å². The molecule has 1 amide bonds. The van der Waals surface area contributed by atoms with Crippen molar-refractivity contribution in [3.8, 4) is 0 Å². The van der Waals surface area contributed by atoms with E-state index >= 15 is 0 Å². The van der Waals surface area contributed by atoms with Crippen LogP contribution in [0.25, 0.3) is 0 Å². The molecule has 2 N–H and O–H groups in total. The van der Waals surface area contributed by atoms with Gasteiger partial charge in [-0.25, -0.2) is 4.79 Å². The van der Waals surface area contributed by atoms with E-state index in [0.29, 0.717) is 0 Å². The van der Waals surface area contributed by atoms with Crippen molar-refractivity contribution in [3.63, 3.8) is 0 Å². The minimum atomic E-state index is -1.98. The first-order valence-electron chi connectivity index (χ1n) is 9.26. The predicted molar refractivity (Wildman–Crippen MR) is 99.6 cm³/mol. The molecule has 2 fully saturated rings. The Morgan fingerprint density at radius 2 is 1.66 bits per heavy atom. The first-order valence-corrected chi connectivity index (χ1v) is 9.26. The lowest BCUT2D eigenvalue weighted by Gasteiger charge is -2.33. The molecule has 2 aromatic rings. The van der Waals surface area contributed by atoms with Gasteiger partial charge in [0.15, 0.2) is 6.10 Å². The third-order valence-corrected chi connectivity index (χ3v) is 4.93. The summed E-state index contributed by atoms with van der Waals surface area (Å²) < 4.78 is 11.1. The van der Waals surface area contributed by atoms with Crippen LogP contribution in [0.1, 0.15) is 30.1 Å². The third-order valence-electron chi connectivity index (χ3n) is 4.93. The number of benzene rings is 2. The summed E-state index contributed by atoms with van der Waals surface area (Å²) >= 11 is 0. The van der Waals surface area contributed by atoms with Crippen LogP contribution < -0.4 is 5.73 Å². The summed E-state index contributed by atoms with van der Waals surface area (Å²) in [6, 6.07) is 17.4. The van der Waals surface area contributed by atoms with Gasteiger partial charge in [0.2, 0.25) is 0 Å². The Kier molecular flexibility index (Phi) is 5.04. The number of nitrogens with zero attached hydrogens (tertiary/aromatic N) is 1. The summed E-state index contributed by atoms with van der Waals surface area (Å²) in [6.07, 6.45) is -0.870. The molecule has 2 aliphatic rings. The first kappa shape index (κ1) is 19.1. The van der Waals surface area contributed by atoms with Crippen molar-refractivity contribution in [2.24, 2.45) is 5.73 Å². The van der Waals surface area contributed by atoms with Gasteiger partial charge in [0.05, 0.1) is 13.0 Å². The zero-order chi connectivity index (χ0) is 20.4. The minimum Gasteiger partial charge on any atom is -0.448 e. The molecular formula is C21H20N2O6. The molecule has 0 aromatic heterocycles. The number of hydroxylamine groups is 2. The van der Waals surface area contributed by atoms with Crippen LogP contribution in [0.5, 0.6) is 0 Å². The number of rotatable bonds is 5. The molecule has 2 atom stereocenters. The second-order valence-electron chi connectivity index (χ2n) is 6.90. The fraction of sp³-hybridized carbons (Fsp3) is 0.286. The van der Waals surface area contributed by atoms with Crippen LogP contribution in [0.15, 0.2) is 60.7 Å². The molecule has 8 nitrogen and oxygen atoms in total. The molecule has 0 bridgehead atoms. The van der Waals surface area contributed by atoms with Crippen LogP contribution in [0.3, 0.4) is 0 Å². The highest BCUT2D eigenvalue weighted by atomic mass is 16.8. The lowest BCUT2D eigenvalue weighted by atomic mass is 10.0. The number of hydrogen-bond acceptors (Lipinski definition) is 7. The van der Waals surface area contributed by atoms with Crippen molar-refractivity contribution in [3.05, 3.63) is 71.8 Å². The highest BCUT2D eigenvalue weighted by molar-refractivity contribution is 5.93. The Labute approximate surface area is 167 Å². The van der Waals surface area contributed by atoms with Gasteiger partial charge >= 0.3 is 17.7 Å². The zero-order valence-corrected chi connectivity index (χ0v) is 15.5. The minimum absolute atomic E-state index is 0.0428. The van der Waals surface area contributed by atoms with Gasteiger partial charge in [-0.2, -0.15) is 5.06 Å². The Balaban J connectivity index is 1.68. The number of nitrogens with two attached hydrogens (primary N) is 1. The first-order chi connectivity index (χ1) is 14.0. The summed E-state index contributed by atoms with van der Waals surface area (Å²) in [7, 11) is 0. The monoisotopic (exact) mass is 396 g/mol. The molecule has 29 heavy (non-hydrogen) atoms. The molecule has 4 rings (SSSR count). The second-order valence-corrected chi connectivity index (χ2v) is 6.90. The van der Waals surface area contributed by atoms with Crippen LogP contribution in [-0.2, 0) is 28.7 Å². The van der Waals surface area contributed by atoms with E-state index in [9.17, 15) is 14.4 Å². The number of ether oxygens (including phenoxy) is 2. The van der Waals surface area contributed by atoms with Gasteiger partial charge in [-0.1, -0.05) is 60.7 Å². The van der Waals surface area contributed by atoms with E-state index in [1.54, 1.807) is 0 Å². The van der Waals surface area contributed by atoms with Gasteiger partial charge in [0, 0.05) is 6.42 Å². The van der Waals surface area contributed by atoms with Crippen LogP contribution >= 0.6 is 0 Å². The molecule has 0 aliphatic carbocycles. The third kappa shape index (κ3) is 3.48. The van der Waals surface area contributed by atoms with Gasteiger partial charge in [0.25, 0.3) is 5.91 Å². The van der Waals surface area contributed by atoms with Crippen molar-refractivity contribution in [1.82, 2.24) is 5.06 Å². The van der Waals surface area contributed by atoms with Crippen molar-refractivity contribution in [2.75, 3.05) is 6.61 Å². The smallest absolute Gasteiger partial charge is 0.376 e. The van der Waals surface area contributed by atoms with Crippen LogP contribution in [0.2, 0.25) is 0 Å². The Morgan fingerprint density at radius 1 is 1.07 bits per heavy atom. The van der Waals surface area contributed by atoms with E-state index in [1.165, 1.54) is 0 Å². The van der Waals surface area contributed by atoms with Crippen molar-refractivity contribution in [1.29, 1.82) is 0 Å². The normalized spacial score (nSPS) is 24.1. The summed E-state index contributed by atoms with van der Waals surface area (Å²) in [5.74, 6) is -2.13. The molecule has 2 aromatic carbocycles. The summed E-state index contributed by atoms with van der Waals surface area (Å²) in [6.45, 7) is -0.105. The number of carbonyl (C=O) groups excluding carboxylic acids is 3. The van der Waals surface area contributed by atoms with Gasteiger partial charge in [0.1, 0.15) is 6.04 Å². The van der Waals surface area contributed by atoms with Gasteiger partial charge in [-0.15, -0.1) is 0 Å².